The molecule has 7 heteroatoms. The molecule has 0 saturated carbocycles. The van der Waals surface area contributed by atoms with E-state index in [-0.39, 0.29) is 17.5 Å². The van der Waals surface area contributed by atoms with Crippen molar-refractivity contribution in [2.24, 2.45) is 0 Å². The van der Waals surface area contributed by atoms with Crippen molar-refractivity contribution in [2.75, 3.05) is 6.61 Å². The molecule has 1 aliphatic rings. The number of phenols is 1. The molecule has 0 unspecified atom stereocenters. The van der Waals surface area contributed by atoms with E-state index in [9.17, 15) is 14.3 Å². The lowest BCUT2D eigenvalue weighted by atomic mass is 10.1. The Morgan fingerprint density at radius 3 is 2.69 bits per heavy atom. The minimum atomic E-state index is -0.323. The minimum absolute atomic E-state index is 0.0489. The van der Waals surface area contributed by atoms with Crippen LogP contribution < -0.4 is 4.74 Å². The maximum atomic E-state index is 13.0. The first kappa shape index (κ1) is 18.4. The first-order valence-corrected chi connectivity index (χ1v) is 9.16. The molecule has 0 aromatic heterocycles. The van der Waals surface area contributed by atoms with E-state index < -0.39 is 0 Å². The quantitative estimate of drug-likeness (QED) is 0.609. The van der Waals surface area contributed by atoms with Gasteiger partial charge in [0.15, 0.2) is 11.5 Å². The summed E-state index contributed by atoms with van der Waals surface area (Å²) in [4.78, 5) is 14.6. The number of hydrogen-bond acceptors (Lipinski definition) is 5. The molecule has 4 nitrogen and oxygen atoms in total. The number of halogens is 1. The van der Waals surface area contributed by atoms with Gasteiger partial charge in [-0.15, -0.1) is 0 Å². The fourth-order valence-electron chi connectivity index (χ4n) is 2.45. The maximum absolute atomic E-state index is 13.0. The van der Waals surface area contributed by atoms with Crippen LogP contribution >= 0.6 is 24.0 Å². The van der Waals surface area contributed by atoms with Crippen molar-refractivity contribution in [1.29, 1.82) is 0 Å². The molecule has 2 aromatic carbocycles. The second-order valence-electron chi connectivity index (χ2n) is 5.55. The molecule has 0 aliphatic carbocycles. The minimum Gasteiger partial charge on any atom is -0.504 e. The summed E-state index contributed by atoms with van der Waals surface area (Å²) in [5.74, 6) is -0.109. The van der Waals surface area contributed by atoms with Crippen LogP contribution in [0.15, 0.2) is 47.4 Å². The van der Waals surface area contributed by atoms with Crippen molar-refractivity contribution in [1.82, 2.24) is 4.90 Å². The Kier molecular flexibility index (Phi) is 5.58. The summed E-state index contributed by atoms with van der Waals surface area (Å²) in [7, 11) is 0. The molecule has 1 N–H and O–H groups in total. The van der Waals surface area contributed by atoms with Gasteiger partial charge in [0.2, 0.25) is 0 Å². The highest BCUT2D eigenvalue weighted by Crippen LogP contribution is 2.35. The third-order valence-electron chi connectivity index (χ3n) is 3.71. The largest absolute Gasteiger partial charge is 0.504 e. The summed E-state index contributed by atoms with van der Waals surface area (Å²) in [5, 5.41) is 9.77. The van der Waals surface area contributed by atoms with Crippen LogP contribution in [-0.4, -0.2) is 26.8 Å². The molecule has 1 saturated heterocycles. The number of amides is 1. The molecule has 3 rings (SSSR count). The van der Waals surface area contributed by atoms with Gasteiger partial charge in [-0.25, -0.2) is 4.39 Å². The van der Waals surface area contributed by atoms with Gasteiger partial charge in [0, 0.05) is 0 Å². The highest BCUT2D eigenvalue weighted by Gasteiger charge is 2.32. The number of nitrogens with zero attached hydrogens (tertiary/aromatic N) is 1. The molecule has 1 heterocycles. The van der Waals surface area contributed by atoms with Crippen LogP contribution in [0.1, 0.15) is 18.1 Å². The Labute approximate surface area is 160 Å². The van der Waals surface area contributed by atoms with Crippen LogP contribution in [0, 0.1) is 5.82 Å². The molecule has 0 spiro atoms. The standard InChI is InChI=1S/C19H16FNO3S2/c1-2-24-16-9-13(5-8-15(16)22)10-17-18(23)21(19(25)26-17)11-12-3-6-14(20)7-4-12/h3-10,22H,2,11H2,1H3. The lowest BCUT2D eigenvalue weighted by Gasteiger charge is -2.14. The Morgan fingerprint density at radius 1 is 1.27 bits per heavy atom. The van der Waals surface area contributed by atoms with E-state index in [0.717, 1.165) is 11.1 Å². The lowest BCUT2D eigenvalue weighted by Crippen LogP contribution is -2.27. The van der Waals surface area contributed by atoms with Gasteiger partial charge in [0.1, 0.15) is 10.1 Å². The highest BCUT2D eigenvalue weighted by molar-refractivity contribution is 8.26. The van der Waals surface area contributed by atoms with Gasteiger partial charge in [-0.1, -0.05) is 42.2 Å². The topological polar surface area (TPSA) is 49.8 Å². The summed E-state index contributed by atoms with van der Waals surface area (Å²) < 4.78 is 18.8. The van der Waals surface area contributed by atoms with Crippen molar-refractivity contribution < 1.29 is 19.0 Å². The number of benzene rings is 2. The SMILES string of the molecule is CCOc1cc(C=C2SC(=S)N(Cc3ccc(F)cc3)C2=O)ccc1O. The van der Waals surface area contributed by atoms with Crippen molar-refractivity contribution in [3.8, 4) is 11.5 Å². The lowest BCUT2D eigenvalue weighted by molar-refractivity contribution is -0.122. The van der Waals surface area contributed by atoms with Gasteiger partial charge in [-0.05, 0) is 48.4 Å². The highest BCUT2D eigenvalue weighted by atomic mass is 32.2. The number of rotatable bonds is 5. The number of phenolic OH excluding ortho intramolecular Hbond substituents is 1. The predicted molar refractivity (Wildman–Crippen MR) is 104 cm³/mol. The van der Waals surface area contributed by atoms with E-state index in [1.165, 1.54) is 34.9 Å². The Bertz CT molecular complexity index is 881. The van der Waals surface area contributed by atoms with E-state index in [1.54, 1.807) is 30.3 Å². The van der Waals surface area contributed by atoms with Gasteiger partial charge in [-0.2, -0.15) is 0 Å². The smallest absolute Gasteiger partial charge is 0.266 e. The number of thioether (sulfide) groups is 1. The molecule has 1 fully saturated rings. The summed E-state index contributed by atoms with van der Waals surface area (Å²) in [6, 6.07) is 10.9. The summed E-state index contributed by atoms with van der Waals surface area (Å²) in [5.41, 5.74) is 1.53. The van der Waals surface area contributed by atoms with Crippen LogP contribution in [-0.2, 0) is 11.3 Å². The normalized spacial score (nSPS) is 15.8. The third-order valence-corrected chi connectivity index (χ3v) is 5.09. The van der Waals surface area contributed by atoms with Gasteiger partial charge in [0.05, 0.1) is 18.1 Å². The zero-order chi connectivity index (χ0) is 18.7. The fourth-order valence-corrected chi connectivity index (χ4v) is 3.71. The molecule has 26 heavy (non-hydrogen) atoms. The fraction of sp³-hybridized carbons (Fsp3) is 0.158. The molecule has 0 radical (unpaired) electrons. The van der Waals surface area contributed by atoms with E-state index in [0.29, 0.717) is 28.1 Å². The Morgan fingerprint density at radius 2 is 2.00 bits per heavy atom. The molecule has 1 aliphatic heterocycles. The summed E-state index contributed by atoms with van der Waals surface area (Å²) >= 11 is 6.53. The number of carbonyl (C=O) groups excluding carboxylic acids is 1. The van der Waals surface area contributed by atoms with E-state index >= 15 is 0 Å². The van der Waals surface area contributed by atoms with E-state index in [4.69, 9.17) is 17.0 Å². The van der Waals surface area contributed by atoms with Crippen LogP contribution in [0.2, 0.25) is 0 Å². The Balaban J connectivity index is 1.80. The van der Waals surface area contributed by atoms with E-state index in [2.05, 4.69) is 0 Å². The molecular formula is C19H16FNO3S2. The van der Waals surface area contributed by atoms with Crippen LogP contribution in [0.3, 0.4) is 0 Å². The molecule has 0 atom stereocenters. The third kappa shape index (κ3) is 4.05. The zero-order valence-electron chi connectivity index (χ0n) is 13.9. The number of thiocarbonyl (C=S) groups is 1. The van der Waals surface area contributed by atoms with Crippen LogP contribution in [0.5, 0.6) is 11.5 Å². The molecule has 1 amide bonds. The number of hydrogen-bond donors (Lipinski definition) is 1. The number of ether oxygens (including phenoxy) is 1. The second-order valence-corrected chi connectivity index (χ2v) is 7.23. The predicted octanol–water partition coefficient (Wildman–Crippen LogP) is 4.33. The van der Waals surface area contributed by atoms with Gasteiger partial charge in [-0.3, -0.25) is 9.69 Å². The zero-order valence-corrected chi connectivity index (χ0v) is 15.6. The van der Waals surface area contributed by atoms with Crippen molar-refractivity contribution in [2.45, 2.75) is 13.5 Å². The molecule has 2 aromatic rings. The Hall–Kier alpha value is -2.38. The van der Waals surface area contributed by atoms with Crippen molar-refractivity contribution in [3.63, 3.8) is 0 Å². The average Bonchev–Trinajstić information content (AvgIpc) is 2.87. The number of carbonyl (C=O) groups is 1. The van der Waals surface area contributed by atoms with Crippen molar-refractivity contribution in [3.05, 3.63) is 64.3 Å². The van der Waals surface area contributed by atoms with Gasteiger partial charge in [0.25, 0.3) is 5.91 Å². The van der Waals surface area contributed by atoms with Gasteiger partial charge < -0.3 is 9.84 Å². The van der Waals surface area contributed by atoms with Crippen LogP contribution in [0.25, 0.3) is 6.08 Å². The number of aromatic hydroxyl groups is 1. The van der Waals surface area contributed by atoms with E-state index in [1.807, 2.05) is 6.92 Å². The first-order chi connectivity index (χ1) is 12.5. The molecular weight excluding hydrogens is 373 g/mol. The average molecular weight is 389 g/mol. The first-order valence-electron chi connectivity index (χ1n) is 7.93. The molecule has 134 valence electrons. The summed E-state index contributed by atoms with van der Waals surface area (Å²) in [6.45, 7) is 2.55. The second kappa shape index (κ2) is 7.88. The molecule has 0 bridgehead atoms. The van der Waals surface area contributed by atoms with Crippen LogP contribution in [0.4, 0.5) is 4.39 Å². The summed E-state index contributed by atoms with van der Waals surface area (Å²) in [6.07, 6.45) is 1.71. The van der Waals surface area contributed by atoms with Crippen molar-refractivity contribution >= 4 is 40.3 Å². The maximum Gasteiger partial charge on any atom is 0.266 e. The van der Waals surface area contributed by atoms with Gasteiger partial charge >= 0.3 is 0 Å². The monoisotopic (exact) mass is 389 g/mol.